The molecule has 4 atom stereocenters. The molecule has 1 saturated heterocycles. The largest absolute Gasteiger partial charge is 0.487 e. The number of carbonyl (C=O) groups is 1. The average Bonchev–Trinajstić information content (AvgIpc) is 3.10. The molecule has 3 rings (SSSR count). The summed E-state index contributed by atoms with van der Waals surface area (Å²) in [5.74, 6) is -0.253. The van der Waals surface area contributed by atoms with Gasteiger partial charge in [0, 0.05) is 16.9 Å². The van der Waals surface area contributed by atoms with Gasteiger partial charge in [0.25, 0.3) is 0 Å². The summed E-state index contributed by atoms with van der Waals surface area (Å²) in [6.45, 7) is 11.8. The molecule has 28 heavy (non-hydrogen) atoms. The van der Waals surface area contributed by atoms with Crippen LogP contribution in [0.5, 0.6) is 5.75 Å². The standard InChI is InChI=1S/C21H30N2O5/c1-7-27-19(24)16-14(20(2,3)4)17(23(25)26)15(22-16)13-10-8-9-12-11-21(5,6)28-18(12)13/h8-10,14-17,22H,7,11H2,1-6H3/t14-,15+,16+,17+/m1/s1. The predicted octanol–water partition coefficient (Wildman–Crippen LogP) is 3.28. The van der Waals surface area contributed by atoms with Gasteiger partial charge in [-0.25, -0.2) is 0 Å². The number of ether oxygens (including phenoxy) is 2. The summed E-state index contributed by atoms with van der Waals surface area (Å²) in [5, 5.41) is 15.4. The number of benzene rings is 1. The summed E-state index contributed by atoms with van der Waals surface area (Å²) in [7, 11) is 0. The van der Waals surface area contributed by atoms with Gasteiger partial charge in [-0.05, 0) is 31.7 Å². The normalized spacial score (nSPS) is 28.5. The molecule has 2 aliphatic rings. The average molecular weight is 390 g/mol. The predicted molar refractivity (Wildman–Crippen MR) is 105 cm³/mol. The maximum Gasteiger partial charge on any atom is 0.323 e. The molecule has 1 aromatic carbocycles. The van der Waals surface area contributed by atoms with Crippen LogP contribution in [0.25, 0.3) is 0 Å². The highest BCUT2D eigenvalue weighted by Crippen LogP contribution is 2.48. The molecule has 1 aromatic rings. The molecule has 0 unspecified atom stereocenters. The van der Waals surface area contributed by atoms with Gasteiger partial charge in [-0.3, -0.25) is 20.2 Å². The van der Waals surface area contributed by atoms with E-state index in [2.05, 4.69) is 5.32 Å². The molecule has 0 amide bonds. The Labute approximate surface area is 165 Å². The second kappa shape index (κ2) is 7.03. The number of fused-ring (bicyclic) bond motifs is 1. The molecule has 0 radical (unpaired) electrons. The molecular formula is C21H30N2O5. The van der Waals surface area contributed by atoms with Gasteiger partial charge in [-0.1, -0.05) is 39.0 Å². The van der Waals surface area contributed by atoms with Crippen molar-refractivity contribution in [2.75, 3.05) is 6.61 Å². The van der Waals surface area contributed by atoms with E-state index in [0.717, 1.165) is 17.5 Å². The van der Waals surface area contributed by atoms with Crippen molar-refractivity contribution in [1.29, 1.82) is 0 Å². The van der Waals surface area contributed by atoms with Crippen LogP contribution < -0.4 is 10.1 Å². The lowest BCUT2D eigenvalue weighted by Crippen LogP contribution is -2.45. The number of para-hydroxylation sites is 1. The van der Waals surface area contributed by atoms with Crippen molar-refractivity contribution in [3.05, 3.63) is 39.4 Å². The van der Waals surface area contributed by atoms with Crippen molar-refractivity contribution in [2.24, 2.45) is 11.3 Å². The summed E-state index contributed by atoms with van der Waals surface area (Å²) >= 11 is 0. The number of rotatable bonds is 4. The highest BCUT2D eigenvalue weighted by Gasteiger charge is 2.59. The summed E-state index contributed by atoms with van der Waals surface area (Å²) in [4.78, 5) is 24.6. The van der Waals surface area contributed by atoms with Crippen molar-refractivity contribution >= 4 is 5.97 Å². The van der Waals surface area contributed by atoms with Crippen molar-refractivity contribution in [2.45, 2.75) is 71.7 Å². The molecular weight excluding hydrogens is 360 g/mol. The quantitative estimate of drug-likeness (QED) is 0.482. The van der Waals surface area contributed by atoms with E-state index in [1.807, 2.05) is 52.8 Å². The fourth-order valence-electron chi connectivity index (χ4n) is 4.67. The molecule has 2 heterocycles. The van der Waals surface area contributed by atoms with Crippen molar-refractivity contribution in [3.8, 4) is 5.75 Å². The Morgan fingerprint density at radius 1 is 1.39 bits per heavy atom. The molecule has 0 saturated carbocycles. The van der Waals surface area contributed by atoms with Gasteiger partial charge in [0.05, 0.1) is 12.5 Å². The molecule has 7 nitrogen and oxygen atoms in total. The third-order valence-corrected chi connectivity index (χ3v) is 5.67. The molecule has 1 N–H and O–H groups in total. The summed E-state index contributed by atoms with van der Waals surface area (Å²) in [6.07, 6.45) is 0.746. The Hall–Kier alpha value is -2.15. The molecule has 0 aliphatic carbocycles. The first-order chi connectivity index (χ1) is 13.0. The Kier molecular flexibility index (Phi) is 5.17. The number of esters is 1. The number of hydrogen-bond donors (Lipinski definition) is 1. The first-order valence-corrected chi connectivity index (χ1v) is 9.83. The van der Waals surface area contributed by atoms with Gasteiger partial charge in [-0.2, -0.15) is 0 Å². The van der Waals surface area contributed by atoms with E-state index in [4.69, 9.17) is 9.47 Å². The highest BCUT2D eigenvalue weighted by molar-refractivity contribution is 5.77. The zero-order valence-corrected chi connectivity index (χ0v) is 17.4. The Bertz CT molecular complexity index is 783. The van der Waals surface area contributed by atoms with E-state index in [-0.39, 0.29) is 17.1 Å². The van der Waals surface area contributed by atoms with Gasteiger partial charge in [-0.15, -0.1) is 0 Å². The van der Waals surface area contributed by atoms with Gasteiger partial charge in [0.2, 0.25) is 6.04 Å². The minimum Gasteiger partial charge on any atom is -0.487 e. The SMILES string of the molecule is CCOC(=O)[C@H]1N[C@@H](c2cccc3c2OC(C)(C)C3)[C@@H]([N+](=O)[O-])[C@@H]1C(C)(C)C. The van der Waals surface area contributed by atoms with Crippen molar-refractivity contribution in [1.82, 2.24) is 5.32 Å². The minimum atomic E-state index is -0.965. The second-order valence-electron chi connectivity index (χ2n) is 9.42. The monoisotopic (exact) mass is 390 g/mol. The highest BCUT2D eigenvalue weighted by atomic mass is 16.6. The molecule has 0 bridgehead atoms. The molecule has 0 aromatic heterocycles. The second-order valence-corrected chi connectivity index (χ2v) is 9.42. The van der Waals surface area contributed by atoms with Crippen LogP contribution in [-0.2, 0) is 16.0 Å². The molecule has 7 heteroatoms. The van der Waals surface area contributed by atoms with Crippen LogP contribution in [0.3, 0.4) is 0 Å². The zero-order valence-electron chi connectivity index (χ0n) is 17.4. The van der Waals surface area contributed by atoms with Crippen LogP contribution in [0.2, 0.25) is 0 Å². The van der Waals surface area contributed by atoms with E-state index in [9.17, 15) is 14.9 Å². The Morgan fingerprint density at radius 2 is 2.07 bits per heavy atom. The lowest BCUT2D eigenvalue weighted by atomic mass is 9.72. The molecule has 1 fully saturated rings. The van der Waals surface area contributed by atoms with Crippen LogP contribution in [0.1, 0.15) is 58.7 Å². The van der Waals surface area contributed by atoms with Gasteiger partial charge < -0.3 is 9.47 Å². The Balaban J connectivity index is 2.08. The summed E-state index contributed by atoms with van der Waals surface area (Å²) in [5.41, 5.74) is 0.962. The van der Waals surface area contributed by atoms with Crippen molar-refractivity contribution in [3.63, 3.8) is 0 Å². The topological polar surface area (TPSA) is 90.7 Å². The van der Waals surface area contributed by atoms with E-state index in [0.29, 0.717) is 5.75 Å². The number of hydrogen-bond acceptors (Lipinski definition) is 6. The van der Waals surface area contributed by atoms with Gasteiger partial charge in [0.15, 0.2) is 0 Å². The first kappa shape index (κ1) is 20.6. The number of nitrogens with zero attached hydrogens (tertiary/aromatic N) is 1. The zero-order chi connectivity index (χ0) is 20.9. The van der Waals surface area contributed by atoms with Gasteiger partial charge >= 0.3 is 5.97 Å². The minimum absolute atomic E-state index is 0.236. The van der Waals surface area contributed by atoms with E-state index < -0.39 is 35.4 Å². The fourth-order valence-corrected chi connectivity index (χ4v) is 4.67. The maximum absolute atomic E-state index is 12.6. The van der Waals surface area contributed by atoms with E-state index >= 15 is 0 Å². The maximum atomic E-state index is 12.6. The number of nitro groups is 1. The van der Waals surface area contributed by atoms with Crippen LogP contribution >= 0.6 is 0 Å². The third-order valence-electron chi connectivity index (χ3n) is 5.67. The van der Waals surface area contributed by atoms with Crippen LogP contribution in [0.15, 0.2) is 18.2 Å². The summed E-state index contributed by atoms with van der Waals surface area (Å²) < 4.78 is 11.4. The Morgan fingerprint density at radius 3 is 2.64 bits per heavy atom. The lowest BCUT2D eigenvalue weighted by Gasteiger charge is -2.31. The molecule has 2 aliphatic heterocycles. The smallest absolute Gasteiger partial charge is 0.323 e. The molecule has 154 valence electrons. The first-order valence-electron chi connectivity index (χ1n) is 9.83. The van der Waals surface area contributed by atoms with E-state index in [1.165, 1.54) is 0 Å². The van der Waals surface area contributed by atoms with Crippen LogP contribution in [0.4, 0.5) is 0 Å². The van der Waals surface area contributed by atoms with Crippen molar-refractivity contribution < 1.29 is 19.2 Å². The van der Waals surface area contributed by atoms with Crippen LogP contribution in [-0.4, -0.2) is 35.2 Å². The third kappa shape index (κ3) is 3.60. The van der Waals surface area contributed by atoms with Gasteiger partial charge in [0.1, 0.15) is 23.4 Å². The summed E-state index contributed by atoms with van der Waals surface area (Å²) in [6, 6.07) is 3.42. The lowest BCUT2D eigenvalue weighted by molar-refractivity contribution is -0.535. The fraction of sp³-hybridized carbons (Fsp3) is 0.667. The number of carbonyl (C=O) groups excluding carboxylic acids is 1. The van der Waals surface area contributed by atoms with Crippen LogP contribution in [0, 0.1) is 21.4 Å². The van der Waals surface area contributed by atoms with E-state index in [1.54, 1.807) is 6.92 Å². The number of nitrogens with one attached hydrogen (secondary N) is 1. The molecule has 0 spiro atoms.